The van der Waals surface area contributed by atoms with Gasteiger partial charge in [-0.25, -0.2) is 13.8 Å². The quantitative estimate of drug-likeness (QED) is 0.0416. The maximum absolute atomic E-state index is 13.4. The largest absolute Gasteiger partial charge is 0.494 e. The lowest BCUT2D eigenvalue weighted by Crippen LogP contribution is -2.34. The van der Waals surface area contributed by atoms with Gasteiger partial charge in [-0.05, 0) is 43.3 Å². The van der Waals surface area contributed by atoms with Gasteiger partial charge in [0.1, 0.15) is 12.4 Å². The third-order valence-corrected chi connectivity index (χ3v) is 13.6. The van der Waals surface area contributed by atoms with E-state index in [4.69, 9.17) is 9.47 Å². The number of likely N-dealkylation sites (N-methyl/N-ethyl adjacent to an activating group) is 1. The average molecular weight is 774 g/mol. The Morgan fingerprint density at radius 3 is 2.22 bits per heavy atom. The Kier molecular flexibility index (Phi) is 14.9. The van der Waals surface area contributed by atoms with Crippen LogP contribution in [-0.4, -0.2) is 127 Å². The average Bonchev–Trinajstić information content (AvgIpc) is 3.05. The van der Waals surface area contributed by atoms with Crippen molar-refractivity contribution in [3.63, 3.8) is 0 Å². The summed E-state index contributed by atoms with van der Waals surface area (Å²) in [5, 5.41) is 11.9. The van der Waals surface area contributed by atoms with Gasteiger partial charge in [-0.2, -0.15) is 9.41 Å². The van der Waals surface area contributed by atoms with Crippen LogP contribution in [0.15, 0.2) is 70.7 Å². The maximum Gasteiger partial charge on any atom is 0.369 e. The molecule has 0 spiro atoms. The number of nitrogens with zero attached hydrogens (tertiary/aromatic N) is 4. The fourth-order valence-electron chi connectivity index (χ4n) is 4.86. The second kappa shape index (κ2) is 18.0. The first-order valence-electron chi connectivity index (χ1n) is 15.6. The zero-order valence-electron chi connectivity index (χ0n) is 28.7. The molecule has 0 fully saturated rings. The van der Waals surface area contributed by atoms with Crippen molar-refractivity contribution in [2.45, 2.75) is 22.8 Å². The van der Waals surface area contributed by atoms with Crippen LogP contribution in [0.3, 0.4) is 0 Å². The van der Waals surface area contributed by atoms with Gasteiger partial charge in [0.25, 0.3) is 11.0 Å². The number of nitrogens with one attached hydrogen (secondary N) is 1. The Hall–Kier alpha value is -3.25. The van der Waals surface area contributed by atoms with Gasteiger partial charge < -0.3 is 44.0 Å². The van der Waals surface area contributed by atoms with Crippen molar-refractivity contribution >= 4 is 53.8 Å². The first kappa shape index (κ1) is 42.2. The smallest absolute Gasteiger partial charge is 0.369 e. The van der Waals surface area contributed by atoms with Crippen molar-refractivity contribution in [3.8, 4) is 5.75 Å². The van der Waals surface area contributed by atoms with E-state index in [0.717, 1.165) is 11.1 Å². The number of ether oxygens (including phenoxy) is 2. The molecule has 3 aromatic rings. The standard InChI is InChI=1S/C31H45N5O12P2S/c1-34(2)28-13-6-12-27-26(28)11-7-14-29(27)51(45,46)36(4)18-20-47-23-30(37)33-32-22-24-9-5-10-25(21-24)48-19-8-16-35(3)17-15-31(38,49(39,40)41)50(42,43)44/h5-7,9-14,21-22,38H,8,15-20,23H2,1-4H3,(H,33,37)(H2,39,40,41)(H2,42,43,44)/b32-22-. The van der Waals surface area contributed by atoms with Gasteiger partial charge in [0.2, 0.25) is 10.0 Å². The molecule has 0 unspecified atom stereocenters. The fourth-order valence-corrected chi connectivity index (χ4v) is 8.36. The third-order valence-electron chi connectivity index (χ3n) is 7.79. The number of aliphatic hydroxyl groups is 1. The molecule has 1 amide bonds. The molecule has 0 aliphatic carbocycles. The monoisotopic (exact) mass is 773 g/mol. The molecule has 0 bridgehead atoms. The summed E-state index contributed by atoms with van der Waals surface area (Å²) in [4.78, 5) is 52.9. The highest BCUT2D eigenvalue weighted by Crippen LogP contribution is 2.68. The summed E-state index contributed by atoms with van der Waals surface area (Å²) < 4.78 is 62.0. The van der Waals surface area contributed by atoms with Crippen LogP contribution in [0.1, 0.15) is 18.4 Å². The van der Waals surface area contributed by atoms with Crippen LogP contribution in [0, 0.1) is 0 Å². The molecule has 0 atom stereocenters. The topological polar surface area (TPSA) is 239 Å². The Balaban J connectivity index is 1.40. The van der Waals surface area contributed by atoms with Gasteiger partial charge in [-0.3, -0.25) is 13.9 Å². The molecular weight excluding hydrogens is 728 g/mol. The summed E-state index contributed by atoms with van der Waals surface area (Å²) in [5.41, 5.74) is 3.85. The molecule has 0 heterocycles. The second-order valence-electron chi connectivity index (χ2n) is 11.9. The number of amides is 1. The van der Waals surface area contributed by atoms with E-state index in [1.54, 1.807) is 54.4 Å². The van der Waals surface area contributed by atoms with E-state index in [9.17, 15) is 47.0 Å². The van der Waals surface area contributed by atoms with E-state index in [1.165, 1.54) is 17.6 Å². The first-order chi connectivity index (χ1) is 23.8. The number of benzene rings is 3. The zero-order chi connectivity index (χ0) is 38.0. The highest BCUT2D eigenvalue weighted by molar-refractivity contribution is 7.89. The molecule has 0 saturated heterocycles. The van der Waals surface area contributed by atoms with Crippen LogP contribution in [0.2, 0.25) is 0 Å². The molecule has 3 rings (SSSR count). The number of rotatable bonds is 20. The number of anilines is 1. The summed E-state index contributed by atoms with van der Waals surface area (Å²) in [6, 6.07) is 17.4. The number of carbonyl (C=O) groups excluding carboxylic acids is 1. The van der Waals surface area contributed by atoms with E-state index in [1.807, 2.05) is 37.2 Å². The fraction of sp³-hybridized carbons (Fsp3) is 0.419. The SMILES string of the molecule is CN(CCCOc1cccc(/C=N\NC(=O)COCCN(C)S(=O)(=O)c2cccc3c(N(C)C)cccc23)c1)CCC(O)(P(=O)(O)O)P(=O)(O)O. The summed E-state index contributed by atoms with van der Waals surface area (Å²) in [7, 11) is -8.07. The lowest BCUT2D eigenvalue weighted by Gasteiger charge is -2.30. The summed E-state index contributed by atoms with van der Waals surface area (Å²) in [6.07, 6.45) is 1.00. The van der Waals surface area contributed by atoms with Crippen molar-refractivity contribution in [2.24, 2.45) is 5.10 Å². The molecule has 282 valence electrons. The van der Waals surface area contributed by atoms with Crippen LogP contribution in [0.5, 0.6) is 5.75 Å². The molecular formula is C31H45N5O12P2S. The predicted octanol–water partition coefficient (Wildman–Crippen LogP) is 1.79. The lowest BCUT2D eigenvalue weighted by atomic mass is 10.1. The van der Waals surface area contributed by atoms with Gasteiger partial charge in [0.05, 0.1) is 24.3 Å². The van der Waals surface area contributed by atoms with E-state index >= 15 is 0 Å². The molecule has 17 nitrogen and oxygen atoms in total. The van der Waals surface area contributed by atoms with Gasteiger partial charge in [-0.1, -0.05) is 36.4 Å². The minimum atomic E-state index is -5.51. The summed E-state index contributed by atoms with van der Waals surface area (Å²) >= 11 is 0. The summed E-state index contributed by atoms with van der Waals surface area (Å²) in [6.45, 7) is 0.0124. The van der Waals surface area contributed by atoms with Crippen molar-refractivity contribution in [1.82, 2.24) is 14.6 Å². The van der Waals surface area contributed by atoms with Crippen LogP contribution in [0.4, 0.5) is 5.69 Å². The van der Waals surface area contributed by atoms with Crippen LogP contribution < -0.4 is 15.1 Å². The van der Waals surface area contributed by atoms with E-state index in [0.29, 0.717) is 29.7 Å². The van der Waals surface area contributed by atoms with Crippen molar-refractivity contribution < 1.29 is 56.5 Å². The maximum atomic E-state index is 13.4. The normalized spacial score (nSPS) is 13.0. The number of hydrazone groups is 1. The Bertz CT molecular complexity index is 1860. The molecule has 0 saturated carbocycles. The Morgan fingerprint density at radius 1 is 0.902 bits per heavy atom. The minimum absolute atomic E-state index is 0.0162. The molecule has 6 N–H and O–H groups in total. The van der Waals surface area contributed by atoms with Crippen molar-refractivity contribution in [3.05, 3.63) is 66.2 Å². The molecule has 20 heteroatoms. The molecule has 0 aliphatic rings. The molecule has 0 radical (unpaired) electrons. The Morgan fingerprint density at radius 2 is 1.55 bits per heavy atom. The van der Waals surface area contributed by atoms with Crippen molar-refractivity contribution in [1.29, 1.82) is 0 Å². The van der Waals surface area contributed by atoms with Gasteiger partial charge in [-0.15, -0.1) is 0 Å². The van der Waals surface area contributed by atoms with Crippen LogP contribution in [0.25, 0.3) is 10.8 Å². The third kappa shape index (κ3) is 11.4. The van der Waals surface area contributed by atoms with Gasteiger partial charge >= 0.3 is 15.2 Å². The number of hydrogen-bond acceptors (Lipinski definition) is 11. The predicted molar refractivity (Wildman–Crippen MR) is 192 cm³/mol. The van der Waals surface area contributed by atoms with Crippen LogP contribution in [-0.2, 0) is 28.7 Å². The molecule has 3 aromatic carbocycles. The first-order valence-corrected chi connectivity index (χ1v) is 20.2. The minimum Gasteiger partial charge on any atom is -0.494 e. The van der Waals surface area contributed by atoms with Crippen LogP contribution >= 0.6 is 15.2 Å². The Labute approximate surface area is 296 Å². The van der Waals surface area contributed by atoms with E-state index in [-0.39, 0.29) is 37.8 Å². The number of sulfonamides is 1. The lowest BCUT2D eigenvalue weighted by molar-refractivity contribution is -0.125. The highest BCUT2D eigenvalue weighted by atomic mass is 32.2. The number of fused-ring (bicyclic) bond motifs is 1. The number of carbonyl (C=O) groups is 1. The zero-order valence-corrected chi connectivity index (χ0v) is 31.3. The summed E-state index contributed by atoms with van der Waals surface area (Å²) in [5.74, 6) is -0.0482. The van der Waals surface area contributed by atoms with E-state index in [2.05, 4.69) is 10.5 Å². The van der Waals surface area contributed by atoms with E-state index < -0.39 is 42.6 Å². The van der Waals surface area contributed by atoms with Crippen molar-refractivity contribution in [2.75, 3.05) is 72.5 Å². The van der Waals surface area contributed by atoms with Gasteiger partial charge in [0, 0.05) is 63.7 Å². The molecule has 51 heavy (non-hydrogen) atoms. The molecule has 0 aliphatic heterocycles. The molecule has 0 aromatic heterocycles. The van der Waals surface area contributed by atoms with Gasteiger partial charge in [0.15, 0.2) is 0 Å². The number of hydrogen-bond donors (Lipinski definition) is 6. The highest BCUT2D eigenvalue weighted by Gasteiger charge is 2.58. The second-order valence-corrected chi connectivity index (χ2v) is 17.9.